The predicted octanol–water partition coefficient (Wildman–Crippen LogP) is 2.85. The van der Waals surface area contributed by atoms with Crippen LogP contribution in [0.2, 0.25) is 0 Å². The van der Waals surface area contributed by atoms with E-state index in [1.807, 2.05) is 11.9 Å². The molecule has 1 aliphatic carbocycles. The quantitative estimate of drug-likeness (QED) is 0.928. The van der Waals surface area contributed by atoms with Crippen molar-refractivity contribution >= 4 is 5.82 Å². The number of rotatable bonds is 4. The van der Waals surface area contributed by atoms with Gasteiger partial charge in [0.2, 0.25) is 0 Å². The molecule has 0 atom stereocenters. The lowest BCUT2D eigenvalue weighted by Crippen LogP contribution is -2.41. The number of nitrogens with zero attached hydrogens (tertiary/aromatic N) is 3. The largest absolute Gasteiger partial charge is 0.435 e. The Bertz CT molecular complexity index is 439. The highest BCUT2D eigenvalue weighted by Crippen LogP contribution is 2.29. The Labute approximate surface area is 122 Å². The molecule has 1 fully saturated rings. The summed E-state index contributed by atoms with van der Waals surface area (Å²) in [7, 11) is 1.87. The van der Waals surface area contributed by atoms with E-state index in [1.54, 1.807) is 0 Å². The Morgan fingerprint density at radius 2 is 1.86 bits per heavy atom. The van der Waals surface area contributed by atoms with Gasteiger partial charge in [-0.3, -0.25) is 0 Å². The van der Waals surface area contributed by atoms with Gasteiger partial charge >= 0.3 is 6.18 Å². The van der Waals surface area contributed by atoms with Crippen molar-refractivity contribution in [2.45, 2.75) is 50.9 Å². The molecule has 1 N–H and O–H groups in total. The SMILES string of the molecule is CCNC1CCC(N(C)c2ccc(C(F)(F)F)nn2)CC1. The van der Waals surface area contributed by atoms with Crippen LogP contribution in [0.5, 0.6) is 0 Å². The number of halogens is 3. The van der Waals surface area contributed by atoms with E-state index in [0.29, 0.717) is 17.9 Å². The van der Waals surface area contributed by atoms with Gasteiger partial charge in [-0.1, -0.05) is 6.92 Å². The molecule has 0 amide bonds. The summed E-state index contributed by atoms with van der Waals surface area (Å²) in [5.74, 6) is 0.495. The minimum atomic E-state index is -4.44. The van der Waals surface area contributed by atoms with Gasteiger partial charge in [0.25, 0.3) is 0 Å². The lowest BCUT2D eigenvalue weighted by Gasteiger charge is -2.35. The van der Waals surface area contributed by atoms with Crippen LogP contribution < -0.4 is 10.2 Å². The third-order valence-corrected chi connectivity index (χ3v) is 4.04. The second-order valence-electron chi connectivity index (χ2n) is 5.45. The van der Waals surface area contributed by atoms with Crippen LogP contribution in [0.4, 0.5) is 19.0 Å². The standard InChI is InChI=1S/C14H21F3N4/c1-3-18-10-4-6-11(7-5-10)21(2)13-9-8-12(19-20-13)14(15,16)17/h8-11,18H,3-7H2,1-2H3. The van der Waals surface area contributed by atoms with E-state index in [4.69, 9.17) is 0 Å². The summed E-state index contributed by atoms with van der Waals surface area (Å²) in [6.07, 6.45) is -0.254. The minimum Gasteiger partial charge on any atom is -0.355 e. The van der Waals surface area contributed by atoms with Gasteiger partial charge in [-0.2, -0.15) is 13.2 Å². The summed E-state index contributed by atoms with van der Waals surface area (Å²) in [5, 5.41) is 10.4. The normalized spacial score (nSPS) is 23.1. The highest BCUT2D eigenvalue weighted by Gasteiger charge is 2.33. The van der Waals surface area contributed by atoms with Crippen LogP contribution in [-0.4, -0.2) is 35.9 Å². The van der Waals surface area contributed by atoms with Crippen LogP contribution in [0.15, 0.2) is 12.1 Å². The smallest absolute Gasteiger partial charge is 0.355 e. The summed E-state index contributed by atoms with van der Waals surface area (Å²) in [5.41, 5.74) is -0.949. The summed E-state index contributed by atoms with van der Waals surface area (Å²) < 4.78 is 37.4. The van der Waals surface area contributed by atoms with E-state index >= 15 is 0 Å². The molecule has 1 aromatic rings. The molecule has 4 nitrogen and oxygen atoms in total. The first-order chi connectivity index (χ1) is 9.91. The summed E-state index contributed by atoms with van der Waals surface area (Å²) in [6.45, 7) is 3.06. The zero-order valence-electron chi connectivity index (χ0n) is 12.3. The van der Waals surface area contributed by atoms with Crippen molar-refractivity contribution in [2.24, 2.45) is 0 Å². The monoisotopic (exact) mass is 302 g/mol. The van der Waals surface area contributed by atoms with E-state index in [9.17, 15) is 13.2 Å². The molecule has 1 heterocycles. The highest BCUT2D eigenvalue weighted by atomic mass is 19.4. The Balaban J connectivity index is 1.96. The van der Waals surface area contributed by atoms with Gasteiger partial charge in [0.05, 0.1) is 0 Å². The second-order valence-corrected chi connectivity index (χ2v) is 5.45. The molecule has 0 aliphatic heterocycles. The Hall–Kier alpha value is -1.37. The maximum atomic E-state index is 12.5. The molecule has 0 bridgehead atoms. The zero-order valence-corrected chi connectivity index (χ0v) is 12.3. The average Bonchev–Trinajstić information content (AvgIpc) is 2.47. The van der Waals surface area contributed by atoms with Gasteiger partial charge in [-0.15, -0.1) is 10.2 Å². The van der Waals surface area contributed by atoms with Gasteiger partial charge in [-0.05, 0) is 44.4 Å². The fourth-order valence-electron chi connectivity index (χ4n) is 2.81. The third kappa shape index (κ3) is 4.06. The number of hydrogen-bond donors (Lipinski definition) is 1. The van der Waals surface area contributed by atoms with Crippen LogP contribution in [0.1, 0.15) is 38.3 Å². The molecular weight excluding hydrogens is 281 g/mol. The summed E-state index contributed by atoms with van der Waals surface area (Å²) >= 11 is 0. The fourth-order valence-corrected chi connectivity index (χ4v) is 2.81. The topological polar surface area (TPSA) is 41.0 Å². The van der Waals surface area contributed by atoms with Crippen molar-refractivity contribution in [1.29, 1.82) is 0 Å². The van der Waals surface area contributed by atoms with Crippen molar-refractivity contribution in [2.75, 3.05) is 18.5 Å². The maximum absolute atomic E-state index is 12.5. The van der Waals surface area contributed by atoms with E-state index in [0.717, 1.165) is 38.3 Å². The minimum absolute atomic E-state index is 0.311. The number of nitrogens with one attached hydrogen (secondary N) is 1. The molecule has 0 aromatic carbocycles. The number of anilines is 1. The first-order valence-electron chi connectivity index (χ1n) is 7.29. The summed E-state index contributed by atoms with van der Waals surface area (Å²) in [6, 6.07) is 3.25. The van der Waals surface area contributed by atoms with Gasteiger partial charge in [0.15, 0.2) is 11.5 Å². The summed E-state index contributed by atoms with van der Waals surface area (Å²) in [4.78, 5) is 1.94. The first kappa shape index (κ1) is 16.0. The van der Waals surface area contributed by atoms with E-state index in [-0.39, 0.29) is 0 Å². The molecule has 1 saturated carbocycles. The van der Waals surface area contributed by atoms with E-state index in [2.05, 4.69) is 22.4 Å². The average molecular weight is 302 g/mol. The van der Waals surface area contributed by atoms with Gasteiger partial charge < -0.3 is 10.2 Å². The fraction of sp³-hybridized carbons (Fsp3) is 0.714. The number of aromatic nitrogens is 2. The van der Waals surface area contributed by atoms with E-state index in [1.165, 1.54) is 6.07 Å². The van der Waals surface area contributed by atoms with Crippen molar-refractivity contribution in [1.82, 2.24) is 15.5 Å². The van der Waals surface area contributed by atoms with Crippen LogP contribution in [0.3, 0.4) is 0 Å². The molecule has 0 saturated heterocycles. The Morgan fingerprint density at radius 3 is 2.33 bits per heavy atom. The molecule has 0 spiro atoms. The molecule has 0 unspecified atom stereocenters. The van der Waals surface area contributed by atoms with Crippen LogP contribution in [0, 0.1) is 0 Å². The first-order valence-corrected chi connectivity index (χ1v) is 7.29. The lowest BCUT2D eigenvalue weighted by atomic mass is 9.90. The van der Waals surface area contributed by atoms with Crippen LogP contribution in [-0.2, 0) is 6.18 Å². The molecule has 118 valence electrons. The number of alkyl halides is 3. The molecule has 2 rings (SSSR count). The molecule has 1 aromatic heterocycles. The molecule has 0 radical (unpaired) electrons. The zero-order chi connectivity index (χ0) is 15.5. The van der Waals surface area contributed by atoms with Crippen LogP contribution >= 0.6 is 0 Å². The van der Waals surface area contributed by atoms with Crippen molar-refractivity contribution < 1.29 is 13.2 Å². The third-order valence-electron chi connectivity index (χ3n) is 4.04. The molecule has 7 heteroatoms. The molecule has 1 aliphatic rings. The molecule has 21 heavy (non-hydrogen) atoms. The second kappa shape index (κ2) is 6.60. The van der Waals surface area contributed by atoms with Gasteiger partial charge in [0.1, 0.15) is 0 Å². The van der Waals surface area contributed by atoms with Gasteiger partial charge in [0, 0.05) is 19.1 Å². The Kier molecular flexibility index (Phi) is 5.03. The van der Waals surface area contributed by atoms with Crippen LogP contribution in [0.25, 0.3) is 0 Å². The lowest BCUT2D eigenvalue weighted by molar-refractivity contribution is -0.141. The predicted molar refractivity (Wildman–Crippen MR) is 75.2 cm³/mol. The highest BCUT2D eigenvalue weighted by molar-refractivity contribution is 5.38. The number of hydrogen-bond acceptors (Lipinski definition) is 4. The van der Waals surface area contributed by atoms with Crippen molar-refractivity contribution in [3.63, 3.8) is 0 Å². The van der Waals surface area contributed by atoms with Crippen molar-refractivity contribution in [3.8, 4) is 0 Å². The van der Waals surface area contributed by atoms with Gasteiger partial charge in [-0.25, -0.2) is 0 Å². The maximum Gasteiger partial charge on any atom is 0.435 e. The van der Waals surface area contributed by atoms with Crippen molar-refractivity contribution in [3.05, 3.63) is 17.8 Å². The molecular formula is C14H21F3N4. The van der Waals surface area contributed by atoms with E-state index < -0.39 is 11.9 Å². The Morgan fingerprint density at radius 1 is 1.19 bits per heavy atom.